The number of anilines is 1. The molecule has 1 aromatic rings. The predicted octanol–water partition coefficient (Wildman–Crippen LogP) is 4.75. The van der Waals surface area contributed by atoms with Crippen LogP contribution >= 0.6 is 0 Å². The van der Waals surface area contributed by atoms with Gasteiger partial charge < -0.3 is 34.8 Å². The largest absolute Gasteiger partial charge is 0.452 e. The molecule has 2 aliphatic heterocycles. The highest BCUT2D eigenvalue weighted by atomic mass is 16.6. The number of allylic oxidation sites excluding steroid dienone is 2. The van der Waals surface area contributed by atoms with Crippen LogP contribution in [0.15, 0.2) is 75.0 Å². The highest BCUT2D eigenvalue weighted by Gasteiger charge is 2.30. The molecule has 0 saturated heterocycles. The second kappa shape index (κ2) is 14.6. The smallest absolute Gasteiger partial charge is 0.405 e. The second-order valence-corrected chi connectivity index (χ2v) is 11.6. The van der Waals surface area contributed by atoms with Crippen LogP contribution in [0.25, 0.3) is 22.6 Å². The number of fused-ring (bicyclic) bond motifs is 5. The molecule has 3 aliphatic rings. The van der Waals surface area contributed by atoms with E-state index in [2.05, 4.69) is 5.32 Å². The van der Waals surface area contributed by atoms with Crippen LogP contribution in [0, 0.1) is 11.8 Å². The van der Waals surface area contributed by atoms with Crippen LogP contribution in [0.1, 0.15) is 39.7 Å². The van der Waals surface area contributed by atoms with Gasteiger partial charge in [0.05, 0.1) is 17.9 Å². The Morgan fingerprint density at radius 1 is 1.13 bits per heavy atom. The van der Waals surface area contributed by atoms with E-state index in [1.165, 1.54) is 20.3 Å². The van der Waals surface area contributed by atoms with Crippen molar-refractivity contribution in [3.05, 3.63) is 81.6 Å². The first kappa shape index (κ1) is 33.6. The SMILES string of the molecule is CO[C@H]1/C=C\C=C(/C)C(=O)Nc2cc3nc4ccccc4oc-3c(c2=O)C[C@@H](C)C[C@H](OC)[C@H](O)[C@@H](C)/C=C(\C)C1OC(N)=O. The zero-order valence-electron chi connectivity index (χ0n) is 26.4. The molecule has 0 saturated carbocycles. The molecule has 1 aromatic carbocycles. The van der Waals surface area contributed by atoms with Gasteiger partial charge >= 0.3 is 6.09 Å². The number of aliphatic hydroxyl groups excluding tert-OH is 1. The number of methoxy groups -OCH3 is 2. The maximum Gasteiger partial charge on any atom is 0.405 e. The number of nitrogens with two attached hydrogens (primary N) is 1. The van der Waals surface area contributed by atoms with Crippen LogP contribution in [-0.2, 0) is 25.4 Å². The molecule has 6 atom stereocenters. The van der Waals surface area contributed by atoms with Gasteiger partial charge in [0.2, 0.25) is 5.43 Å². The molecule has 4 N–H and O–H groups in total. The summed E-state index contributed by atoms with van der Waals surface area (Å²) >= 11 is 0. The van der Waals surface area contributed by atoms with Crippen LogP contribution in [0.4, 0.5) is 10.5 Å². The lowest BCUT2D eigenvalue weighted by Crippen LogP contribution is -2.37. The van der Waals surface area contributed by atoms with Crippen molar-refractivity contribution >= 4 is 28.8 Å². The van der Waals surface area contributed by atoms with Crippen LogP contribution < -0.4 is 16.5 Å². The highest BCUT2D eigenvalue weighted by Crippen LogP contribution is 2.32. The third-order valence-electron chi connectivity index (χ3n) is 8.08. The molecule has 45 heavy (non-hydrogen) atoms. The molecular formula is C34H41N3O8. The lowest BCUT2D eigenvalue weighted by molar-refractivity contribution is -0.112. The van der Waals surface area contributed by atoms with Crippen molar-refractivity contribution in [1.29, 1.82) is 0 Å². The number of aliphatic hydroxyl groups is 1. The number of benzene rings is 2. The van der Waals surface area contributed by atoms with E-state index in [1.54, 1.807) is 44.2 Å². The van der Waals surface area contributed by atoms with Gasteiger partial charge in [0.1, 0.15) is 17.3 Å². The Morgan fingerprint density at radius 3 is 2.56 bits per heavy atom. The fourth-order valence-electron chi connectivity index (χ4n) is 5.64. The number of amides is 2. The summed E-state index contributed by atoms with van der Waals surface area (Å²) in [6.07, 6.45) is 3.08. The lowest BCUT2D eigenvalue weighted by Gasteiger charge is -2.29. The van der Waals surface area contributed by atoms with Crippen molar-refractivity contribution < 1.29 is 33.3 Å². The van der Waals surface area contributed by atoms with Crippen molar-refractivity contribution in [2.45, 2.75) is 65.0 Å². The highest BCUT2D eigenvalue weighted by molar-refractivity contribution is 6.04. The van der Waals surface area contributed by atoms with Crippen LogP contribution in [-0.4, -0.2) is 60.7 Å². The minimum atomic E-state index is -0.985. The van der Waals surface area contributed by atoms with E-state index in [1.807, 2.05) is 32.0 Å². The Hall–Kier alpha value is -4.32. The molecule has 11 nitrogen and oxygen atoms in total. The Balaban J connectivity index is 1.85. The van der Waals surface area contributed by atoms with Crippen LogP contribution in [0.3, 0.4) is 0 Å². The Kier molecular flexibility index (Phi) is 10.9. The third kappa shape index (κ3) is 7.86. The predicted molar refractivity (Wildman–Crippen MR) is 171 cm³/mol. The summed E-state index contributed by atoms with van der Waals surface area (Å²) in [5, 5.41) is 14.1. The van der Waals surface area contributed by atoms with Gasteiger partial charge in [0.25, 0.3) is 5.91 Å². The Bertz CT molecular complexity index is 1660. The van der Waals surface area contributed by atoms with Gasteiger partial charge in [0, 0.05) is 31.3 Å². The summed E-state index contributed by atoms with van der Waals surface area (Å²) in [6, 6.07) is 8.78. The van der Waals surface area contributed by atoms with E-state index < -0.39 is 42.3 Å². The molecule has 4 rings (SSSR count). The fraction of sp³-hybridized carbons (Fsp3) is 0.412. The minimum Gasteiger partial charge on any atom is -0.452 e. The van der Waals surface area contributed by atoms with Gasteiger partial charge in [0.15, 0.2) is 17.4 Å². The molecular weight excluding hydrogens is 578 g/mol. The number of hydrogen-bond acceptors (Lipinski definition) is 9. The van der Waals surface area contributed by atoms with Crippen molar-refractivity contribution in [3.8, 4) is 11.5 Å². The first-order valence-electron chi connectivity index (χ1n) is 14.8. The monoisotopic (exact) mass is 619 g/mol. The molecule has 240 valence electrons. The topological polar surface area (TPSA) is 163 Å². The first-order valence-corrected chi connectivity index (χ1v) is 14.8. The van der Waals surface area contributed by atoms with Gasteiger partial charge in [-0.1, -0.05) is 50.3 Å². The van der Waals surface area contributed by atoms with Gasteiger partial charge in [-0.05, 0) is 56.4 Å². The van der Waals surface area contributed by atoms with E-state index >= 15 is 0 Å². The number of primary amides is 1. The molecule has 0 aromatic heterocycles. The summed E-state index contributed by atoms with van der Waals surface area (Å²) in [5.74, 6) is -0.713. The average Bonchev–Trinajstić information content (AvgIpc) is 3.01. The van der Waals surface area contributed by atoms with Gasteiger partial charge in [-0.2, -0.15) is 0 Å². The van der Waals surface area contributed by atoms with Crippen LogP contribution in [0.2, 0.25) is 0 Å². The normalized spacial score (nSPS) is 28.5. The van der Waals surface area contributed by atoms with Gasteiger partial charge in [-0.15, -0.1) is 0 Å². The van der Waals surface area contributed by atoms with Crippen molar-refractivity contribution in [2.75, 3.05) is 19.5 Å². The van der Waals surface area contributed by atoms with E-state index in [-0.39, 0.29) is 23.5 Å². The van der Waals surface area contributed by atoms with E-state index in [0.29, 0.717) is 45.7 Å². The maximum atomic E-state index is 13.9. The summed E-state index contributed by atoms with van der Waals surface area (Å²) in [4.78, 5) is 43.6. The molecule has 0 fully saturated rings. The first-order chi connectivity index (χ1) is 21.4. The number of nitrogens with zero attached hydrogens (tertiary/aromatic N) is 1. The number of aromatic nitrogens is 1. The molecule has 11 heteroatoms. The van der Waals surface area contributed by atoms with E-state index in [4.69, 9.17) is 29.3 Å². The number of hydrogen-bond donors (Lipinski definition) is 3. The number of carbonyl (C=O) groups excluding carboxylic acids is 2. The zero-order chi connectivity index (χ0) is 32.8. The number of carbonyl (C=O) groups is 2. The summed E-state index contributed by atoms with van der Waals surface area (Å²) in [6.45, 7) is 7.15. The average molecular weight is 620 g/mol. The molecule has 0 spiro atoms. The fourth-order valence-corrected chi connectivity index (χ4v) is 5.64. The summed E-state index contributed by atoms with van der Waals surface area (Å²) in [7, 11) is 2.98. The van der Waals surface area contributed by atoms with Crippen LogP contribution in [0.5, 0.6) is 0 Å². The molecule has 0 radical (unpaired) electrons. The molecule has 2 amide bonds. The summed E-state index contributed by atoms with van der Waals surface area (Å²) < 4.78 is 22.9. The third-order valence-corrected chi connectivity index (χ3v) is 8.08. The zero-order valence-corrected chi connectivity index (χ0v) is 26.4. The minimum absolute atomic E-state index is 0.0730. The number of nitrogens with one attached hydrogen (secondary N) is 1. The van der Waals surface area contributed by atoms with Crippen molar-refractivity contribution in [3.63, 3.8) is 0 Å². The number of para-hydroxylation sites is 2. The number of ether oxygens (including phenoxy) is 3. The van der Waals surface area contributed by atoms with E-state index in [9.17, 15) is 19.5 Å². The van der Waals surface area contributed by atoms with E-state index in [0.717, 1.165) is 0 Å². The molecule has 2 bridgehead atoms. The molecule has 2 heterocycles. The quantitative estimate of drug-likeness (QED) is 0.277. The number of rotatable bonds is 3. The van der Waals surface area contributed by atoms with Crippen molar-refractivity contribution in [1.82, 2.24) is 4.98 Å². The summed E-state index contributed by atoms with van der Waals surface area (Å²) in [5.41, 5.74) is 7.93. The molecule has 1 aliphatic carbocycles. The lowest BCUT2D eigenvalue weighted by atomic mass is 9.87. The maximum absolute atomic E-state index is 13.9. The van der Waals surface area contributed by atoms with Crippen molar-refractivity contribution in [2.24, 2.45) is 17.6 Å². The van der Waals surface area contributed by atoms with Gasteiger partial charge in [-0.25, -0.2) is 9.78 Å². The Morgan fingerprint density at radius 2 is 1.87 bits per heavy atom. The standard InChI is InChI=1S/C34H41N3O8/c1-18-14-22-30(39)24(17-25-32(22)44-26-12-8-7-11-23(26)36-25)37-33(40)19(2)10-9-13-27(42-5)31(45-34(35)41)21(4)16-20(3)29(38)28(15-18)43-6/h7-13,16-18,20,27-29,31,38H,14-15H2,1-6H3,(H2,35,41)(H,37,40)/b13-9-,19-10+,21-16+/t18-,20+,27+,28+,29-,31?/m1/s1. The Labute approximate surface area is 262 Å². The van der Waals surface area contributed by atoms with Gasteiger partial charge in [-0.3, -0.25) is 9.59 Å². The molecule has 1 unspecified atom stereocenters. The second-order valence-electron chi connectivity index (χ2n) is 11.6.